The van der Waals surface area contributed by atoms with Crippen LogP contribution < -0.4 is 10.6 Å². The maximum atomic E-state index is 13.1. The van der Waals surface area contributed by atoms with E-state index in [-0.39, 0.29) is 42.0 Å². The summed E-state index contributed by atoms with van der Waals surface area (Å²) in [5.74, 6) is -0.800. The summed E-state index contributed by atoms with van der Waals surface area (Å²) in [5, 5.41) is 10.5. The van der Waals surface area contributed by atoms with Crippen molar-refractivity contribution in [3.05, 3.63) is 53.3 Å². The minimum absolute atomic E-state index is 0.0442. The Kier molecular flexibility index (Phi) is 6.54. The van der Waals surface area contributed by atoms with Crippen molar-refractivity contribution in [1.29, 1.82) is 0 Å². The molecule has 8 heteroatoms. The molecule has 0 radical (unpaired) electrons. The summed E-state index contributed by atoms with van der Waals surface area (Å²) in [6, 6.07) is 11.8. The quantitative estimate of drug-likeness (QED) is 0.676. The zero-order valence-corrected chi connectivity index (χ0v) is 19.6. The van der Waals surface area contributed by atoms with E-state index in [1.54, 1.807) is 14.0 Å². The smallest absolute Gasteiger partial charge is 0.272 e. The molecular formula is C25H33N5O3. The second kappa shape index (κ2) is 9.37. The number of nitrogens with one attached hydrogen (secondary N) is 2. The minimum Gasteiger partial charge on any atom is -0.351 e. The third-order valence-corrected chi connectivity index (χ3v) is 7.00. The van der Waals surface area contributed by atoms with Gasteiger partial charge in [0.1, 0.15) is 11.2 Å². The van der Waals surface area contributed by atoms with Crippen molar-refractivity contribution in [3.63, 3.8) is 0 Å². The molecule has 1 aliphatic heterocycles. The van der Waals surface area contributed by atoms with Gasteiger partial charge >= 0.3 is 0 Å². The maximum absolute atomic E-state index is 13.1. The first-order chi connectivity index (χ1) is 15.8. The van der Waals surface area contributed by atoms with E-state index in [1.807, 2.05) is 25.1 Å². The van der Waals surface area contributed by atoms with E-state index in [0.717, 1.165) is 38.5 Å². The molecule has 2 heterocycles. The van der Waals surface area contributed by atoms with E-state index in [4.69, 9.17) is 0 Å². The van der Waals surface area contributed by atoms with Crippen molar-refractivity contribution in [3.8, 4) is 0 Å². The number of carbonyl (C=O) groups is 3. The minimum atomic E-state index is -1.06. The molecule has 0 spiro atoms. The highest BCUT2D eigenvalue weighted by molar-refractivity contribution is 6.01. The zero-order valence-electron chi connectivity index (χ0n) is 19.6. The Hall–Kier alpha value is -3.16. The largest absolute Gasteiger partial charge is 0.351 e. The lowest BCUT2D eigenvalue weighted by molar-refractivity contribution is -0.133. The fourth-order valence-corrected chi connectivity index (χ4v) is 4.65. The van der Waals surface area contributed by atoms with Gasteiger partial charge in [-0.1, -0.05) is 43.2 Å². The van der Waals surface area contributed by atoms with E-state index in [0.29, 0.717) is 5.69 Å². The highest BCUT2D eigenvalue weighted by Crippen LogP contribution is 2.27. The molecule has 8 nitrogen and oxygen atoms in total. The fraction of sp³-hybridized carbons (Fsp3) is 0.520. The number of carbonyl (C=O) groups excluding carboxylic acids is 3. The third kappa shape index (κ3) is 4.79. The number of aromatic nitrogens is 2. The van der Waals surface area contributed by atoms with Gasteiger partial charge in [-0.2, -0.15) is 5.10 Å². The Morgan fingerprint density at radius 1 is 1.21 bits per heavy atom. The van der Waals surface area contributed by atoms with Crippen LogP contribution in [0.5, 0.6) is 0 Å². The number of amides is 3. The van der Waals surface area contributed by atoms with Gasteiger partial charge in [0.25, 0.3) is 11.8 Å². The standard InChI is InChI=1S/C25H33N5O3/c1-17(13-14-18-9-5-4-6-10-18)26-22(31)20-15-21-23(32)29(3)25(2,16-30(21)28-20)24(33)27-19-11-7-8-12-19/h4-6,9-10,15,17,19H,7-8,11-14,16H2,1-3H3,(H,26,31)(H,27,33)/t17-,25+/m0/s1. The van der Waals surface area contributed by atoms with Gasteiger partial charge in [-0.15, -0.1) is 0 Å². The SMILES string of the molecule is C[C@@H](CCc1ccccc1)NC(=O)c1cc2n(n1)C[C@](C)(C(=O)NC1CCCC1)N(C)C2=O. The van der Waals surface area contributed by atoms with E-state index >= 15 is 0 Å². The van der Waals surface area contributed by atoms with Gasteiger partial charge in [-0.3, -0.25) is 19.1 Å². The van der Waals surface area contributed by atoms with Crippen LogP contribution >= 0.6 is 0 Å². The molecule has 1 aromatic heterocycles. The average molecular weight is 452 g/mol. The van der Waals surface area contributed by atoms with Gasteiger partial charge in [0.2, 0.25) is 5.91 Å². The van der Waals surface area contributed by atoms with Crippen LogP contribution in [0.4, 0.5) is 0 Å². The Balaban J connectivity index is 1.42. The first kappa shape index (κ1) is 23.0. The molecule has 1 fully saturated rings. The normalized spacial score (nSPS) is 21.5. The van der Waals surface area contributed by atoms with E-state index in [2.05, 4.69) is 27.9 Å². The monoisotopic (exact) mass is 451 g/mol. The molecule has 0 bridgehead atoms. The molecule has 3 amide bonds. The Bertz CT molecular complexity index is 1030. The van der Waals surface area contributed by atoms with Crippen molar-refractivity contribution in [2.24, 2.45) is 0 Å². The second-order valence-corrected chi connectivity index (χ2v) is 9.56. The van der Waals surface area contributed by atoms with Crippen LogP contribution in [0, 0.1) is 0 Å². The molecule has 1 aromatic carbocycles. The van der Waals surface area contributed by atoms with Crippen LogP contribution in [0.3, 0.4) is 0 Å². The lowest BCUT2D eigenvalue weighted by atomic mass is 9.95. The van der Waals surface area contributed by atoms with Crippen molar-refractivity contribution in [1.82, 2.24) is 25.3 Å². The number of nitrogens with zero attached hydrogens (tertiary/aromatic N) is 3. The fourth-order valence-electron chi connectivity index (χ4n) is 4.65. The van der Waals surface area contributed by atoms with Crippen LogP contribution in [-0.2, 0) is 17.8 Å². The van der Waals surface area contributed by atoms with Crippen LogP contribution in [0.15, 0.2) is 36.4 Å². The van der Waals surface area contributed by atoms with Crippen LogP contribution in [0.1, 0.15) is 72.5 Å². The summed E-state index contributed by atoms with van der Waals surface area (Å²) in [5.41, 5.74) is 0.680. The summed E-state index contributed by atoms with van der Waals surface area (Å²) >= 11 is 0. The van der Waals surface area contributed by atoms with Gasteiger partial charge in [-0.25, -0.2) is 0 Å². The Morgan fingerprint density at radius 3 is 2.61 bits per heavy atom. The highest BCUT2D eigenvalue weighted by Gasteiger charge is 2.46. The van der Waals surface area contributed by atoms with Crippen molar-refractivity contribution < 1.29 is 14.4 Å². The number of rotatable bonds is 7. The Labute approximate surface area is 194 Å². The second-order valence-electron chi connectivity index (χ2n) is 9.56. The maximum Gasteiger partial charge on any atom is 0.272 e. The van der Waals surface area contributed by atoms with Crippen LogP contribution in [0.2, 0.25) is 0 Å². The number of aryl methyl sites for hydroxylation is 1. The molecule has 2 aliphatic rings. The molecule has 0 unspecified atom stereocenters. The van der Waals surface area contributed by atoms with Gasteiger partial charge in [0.05, 0.1) is 6.54 Å². The molecule has 2 N–H and O–H groups in total. The summed E-state index contributed by atoms with van der Waals surface area (Å²) in [6.45, 7) is 3.92. The van der Waals surface area contributed by atoms with Gasteiger partial charge in [0, 0.05) is 25.2 Å². The summed E-state index contributed by atoms with van der Waals surface area (Å²) in [6.07, 6.45) is 5.83. The van der Waals surface area contributed by atoms with E-state index in [1.165, 1.54) is 21.2 Å². The first-order valence-electron chi connectivity index (χ1n) is 11.8. The lowest BCUT2D eigenvalue weighted by Crippen LogP contribution is -2.63. The topological polar surface area (TPSA) is 96.3 Å². The van der Waals surface area contributed by atoms with E-state index < -0.39 is 5.54 Å². The molecule has 2 aromatic rings. The molecule has 4 rings (SSSR count). The highest BCUT2D eigenvalue weighted by atomic mass is 16.2. The third-order valence-electron chi connectivity index (χ3n) is 7.00. The van der Waals surface area contributed by atoms with Gasteiger partial charge in [0.15, 0.2) is 5.69 Å². The molecular weight excluding hydrogens is 418 g/mol. The zero-order chi connectivity index (χ0) is 23.6. The summed E-state index contributed by atoms with van der Waals surface area (Å²) in [4.78, 5) is 40.4. The lowest BCUT2D eigenvalue weighted by Gasteiger charge is -2.41. The van der Waals surface area contributed by atoms with Crippen molar-refractivity contribution in [2.45, 2.75) is 76.5 Å². The number of benzene rings is 1. The predicted molar refractivity (Wildman–Crippen MR) is 125 cm³/mol. The first-order valence-corrected chi connectivity index (χ1v) is 11.8. The summed E-state index contributed by atoms with van der Waals surface area (Å²) < 4.78 is 1.50. The van der Waals surface area contributed by atoms with Crippen LogP contribution in [0.25, 0.3) is 0 Å². The molecule has 33 heavy (non-hydrogen) atoms. The van der Waals surface area contributed by atoms with Crippen molar-refractivity contribution >= 4 is 17.7 Å². The molecule has 0 saturated heterocycles. The average Bonchev–Trinajstić information content (AvgIpc) is 3.47. The Morgan fingerprint density at radius 2 is 1.91 bits per heavy atom. The van der Waals surface area contributed by atoms with E-state index in [9.17, 15) is 14.4 Å². The molecule has 1 saturated carbocycles. The number of likely N-dealkylation sites (N-methyl/N-ethyl adjacent to an activating group) is 1. The number of fused-ring (bicyclic) bond motifs is 1. The van der Waals surface area contributed by atoms with Gasteiger partial charge in [-0.05, 0) is 45.1 Å². The molecule has 2 atom stereocenters. The molecule has 176 valence electrons. The van der Waals surface area contributed by atoms with Crippen LogP contribution in [-0.4, -0.2) is 57.1 Å². The predicted octanol–water partition coefficient (Wildman–Crippen LogP) is 2.54. The van der Waals surface area contributed by atoms with Crippen molar-refractivity contribution in [2.75, 3.05) is 7.05 Å². The molecule has 1 aliphatic carbocycles. The number of hydrogen-bond donors (Lipinski definition) is 2. The summed E-state index contributed by atoms with van der Waals surface area (Å²) in [7, 11) is 1.64. The van der Waals surface area contributed by atoms with Gasteiger partial charge < -0.3 is 15.5 Å². The number of hydrogen-bond acceptors (Lipinski definition) is 4.